The molecule has 788 valence electrons. The number of rotatable bonds is 56. The van der Waals surface area contributed by atoms with Gasteiger partial charge < -0.3 is 102 Å². The first-order chi connectivity index (χ1) is 66.5. The molecular formula is C78H138N28O28P6. The van der Waals surface area contributed by atoms with Crippen LogP contribution in [-0.4, -0.2) is 397 Å². The van der Waals surface area contributed by atoms with Crippen LogP contribution in [0.1, 0.15) is 84.2 Å². The van der Waals surface area contributed by atoms with Crippen molar-refractivity contribution >= 4 is 102 Å². The fourth-order valence-corrected chi connectivity index (χ4v) is 23.8. The molecule has 14 N–H and O–H groups in total. The summed E-state index contributed by atoms with van der Waals surface area (Å²) < 4.78 is 196. The summed E-state index contributed by atoms with van der Waals surface area (Å²) >= 11 is 0. The summed E-state index contributed by atoms with van der Waals surface area (Å²) in [5, 5.41) is 40.6. The number of piperazine rings is 1. The topological polar surface area (TPSA) is 670 Å². The molecule has 0 spiro atoms. The molecule has 62 heteroatoms. The number of aliphatic hydroxyl groups excluding tert-OH is 1. The minimum absolute atomic E-state index is 0.0185. The van der Waals surface area contributed by atoms with Crippen molar-refractivity contribution in [2.24, 2.45) is 4.99 Å². The van der Waals surface area contributed by atoms with Gasteiger partial charge >= 0.3 is 46.2 Å². The number of ether oxygens (including phenoxy) is 9. The number of morpholine rings is 4. The number of aryl methyl sites for hydroxylation is 1. The molecule has 18 atom stereocenters. The van der Waals surface area contributed by atoms with E-state index < -0.39 is 182 Å². The van der Waals surface area contributed by atoms with Gasteiger partial charge in [-0.2, -0.15) is 15.0 Å². The second-order valence-corrected chi connectivity index (χ2v) is 45.5. The summed E-state index contributed by atoms with van der Waals surface area (Å²) in [4.78, 5) is 106. The van der Waals surface area contributed by atoms with E-state index in [-0.39, 0.29) is 197 Å². The van der Waals surface area contributed by atoms with Gasteiger partial charge in [0.25, 0.3) is 35.7 Å². The van der Waals surface area contributed by atoms with E-state index >= 15 is 18.3 Å². The largest absolute Gasteiger partial charge is 0.447 e. The molecular weight excluding hydrogens is 1960 g/mol. The van der Waals surface area contributed by atoms with Gasteiger partial charge in [-0.05, 0) is 116 Å². The Balaban J connectivity index is 0.886. The number of carbonyl (C=O) groups is 1. The van der Waals surface area contributed by atoms with Crippen LogP contribution in [-0.2, 0) is 97.2 Å². The van der Waals surface area contributed by atoms with Crippen molar-refractivity contribution in [3.8, 4) is 0 Å². The van der Waals surface area contributed by atoms with Crippen molar-refractivity contribution in [1.29, 1.82) is 16.2 Å². The molecule has 18 unspecified atom stereocenters. The number of likely N-dealkylation sites (N-methyl/N-ethyl adjacent to an activating group) is 1. The lowest BCUT2D eigenvalue weighted by molar-refractivity contribution is -0.129. The van der Waals surface area contributed by atoms with E-state index in [0.29, 0.717) is 12.1 Å². The van der Waals surface area contributed by atoms with E-state index in [9.17, 15) is 37.9 Å². The molecule has 0 aromatic carbocycles. The van der Waals surface area contributed by atoms with Crippen LogP contribution in [0, 0.1) is 30.1 Å². The van der Waals surface area contributed by atoms with Crippen LogP contribution in [0.5, 0.6) is 0 Å². The number of aliphatic hydroxyl groups is 1. The summed E-state index contributed by atoms with van der Waals surface area (Å²) in [5.74, 6) is -0.235. The first kappa shape index (κ1) is 116. The van der Waals surface area contributed by atoms with Crippen molar-refractivity contribution in [3.63, 3.8) is 0 Å². The molecule has 0 bridgehead atoms. The number of allylic oxidation sites excluding steroid dienone is 1. The van der Waals surface area contributed by atoms with Gasteiger partial charge in [-0.25, -0.2) is 67.0 Å². The van der Waals surface area contributed by atoms with E-state index in [4.69, 9.17) is 108 Å². The molecule has 140 heavy (non-hydrogen) atoms. The van der Waals surface area contributed by atoms with Gasteiger partial charge in [0.2, 0.25) is 5.95 Å². The van der Waals surface area contributed by atoms with Gasteiger partial charge in [0, 0.05) is 120 Å². The molecule has 0 saturated carbocycles. The lowest BCUT2D eigenvalue weighted by atomic mass is 10.2. The molecule has 0 radical (unpaired) electrons. The Hall–Kier alpha value is -7.61. The molecule has 9 rings (SSSR count). The second-order valence-electron chi connectivity index (χ2n) is 33.8. The highest BCUT2D eigenvalue weighted by Crippen LogP contribution is 2.56. The number of aromatic amines is 2. The molecule has 5 saturated heterocycles. The fourth-order valence-electron chi connectivity index (χ4n) is 15.2. The first-order valence-electron chi connectivity index (χ1n) is 45.3. The second kappa shape index (κ2) is 55.1. The van der Waals surface area contributed by atoms with Crippen molar-refractivity contribution in [2.45, 2.75) is 142 Å². The van der Waals surface area contributed by atoms with Crippen molar-refractivity contribution in [1.82, 2.24) is 96.2 Å². The number of aliphatic imine (C=N–C) groups is 1. The predicted molar refractivity (Wildman–Crippen MR) is 520 cm³/mol. The lowest BCUT2D eigenvalue weighted by Gasteiger charge is -2.45. The zero-order valence-corrected chi connectivity index (χ0v) is 87.1. The van der Waals surface area contributed by atoms with E-state index in [1.807, 2.05) is 11.9 Å². The van der Waals surface area contributed by atoms with Gasteiger partial charge in [-0.1, -0.05) is 13.8 Å². The minimum atomic E-state index is -4.24. The number of anilines is 4. The average molecular weight is 2100 g/mol. The third-order valence-electron chi connectivity index (χ3n) is 22.6. The normalized spacial score (nSPS) is 23.2. The van der Waals surface area contributed by atoms with E-state index in [0.717, 1.165) is 21.8 Å². The maximum Gasteiger partial charge on any atom is 0.409 e. The quantitative estimate of drug-likeness (QED) is 0.00984. The average Bonchev–Trinajstić information content (AvgIpc) is 0.775. The minimum Gasteiger partial charge on any atom is -0.447 e. The number of H-pyrrole nitrogens is 2. The van der Waals surface area contributed by atoms with Crippen LogP contribution < -0.4 is 60.5 Å². The highest BCUT2D eigenvalue weighted by atomic mass is 31.2. The molecule has 5 aliphatic rings. The Bertz CT molecular complexity index is 5390. The van der Waals surface area contributed by atoms with Crippen LogP contribution in [0.25, 0.3) is 0 Å². The zero-order valence-electron chi connectivity index (χ0n) is 81.4. The number of nitrogens with two attached hydrogens (primary N) is 3. The van der Waals surface area contributed by atoms with E-state index in [2.05, 4.69) is 40.1 Å². The van der Waals surface area contributed by atoms with Crippen LogP contribution in [0.4, 0.5) is 28.2 Å². The number of nitrogen functional groups attached to an aromatic ring is 3. The molecule has 0 aliphatic carbocycles. The Morgan fingerprint density at radius 1 is 0.671 bits per heavy atom. The first-order valence-corrected chi connectivity index (χ1v) is 53.7. The number of nitrogens with zero attached hydrogens (tertiary/aromatic N) is 18. The molecule has 4 aromatic heterocycles. The van der Waals surface area contributed by atoms with Gasteiger partial charge in [0.1, 0.15) is 48.6 Å². The molecule has 5 fully saturated rings. The summed E-state index contributed by atoms with van der Waals surface area (Å²) in [5.41, 5.74) is 14.9. The smallest absolute Gasteiger partial charge is 0.409 e. The highest BCUT2D eigenvalue weighted by molar-refractivity contribution is 7.54. The highest BCUT2D eigenvalue weighted by Gasteiger charge is 2.47. The zero-order chi connectivity index (χ0) is 103. The Kier molecular flexibility index (Phi) is 45.6. The molecule has 56 nitrogen and oxygen atoms in total. The molecule has 5 aliphatic heterocycles. The Labute approximate surface area is 812 Å². The van der Waals surface area contributed by atoms with Gasteiger partial charge in [-0.3, -0.25) is 86.2 Å². The summed E-state index contributed by atoms with van der Waals surface area (Å²) in [6.45, 7) is 10.3. The Morgan fingerprint density at radius 2 is 1.24 bits per heavy atom. The summed E-state index contributed by atoms with van der Waals surface area (Å²) in [7, 11) is -11.6. The van der Waals surface area contributed by atoms with Crippen LogP contribution in [0.3, 0.4) is 0 Å². The number of carbonyl (C=O) groups excluding carboxylic acids is 1. The third-order valence-corrected chi connectivity index (χ3v) is 33.4. The Morgan fingerprint density at radius 3 is 1.80 bits per heavy atom. The number of hydrogen-bond donors (Lipinski definition) is 11. The maximum atomic E-state index is 15.6. The molecule has 1 amide bonds. The fraction of sp³-hybridized carbons (Fsp3) is 0.705. The lowest BCUT2D eigenvalue weighted by Crippen LogP contribution is -2.56. The van der Waals surface area contributed by atoms with Gasteiger partial charge in [0.15, 0.2) is 12.5 Å². The van der Waals surface area contributed by atoms with Crippen molar-refractivity contribution in [2.75, 3.05) is 242 Å². The SMILES string of the molecule is C/C=N\C(=C(\C)C(C)=N)N(C=N)C(CC)OC(CNP(=O)(OCC1CN([PH](=O)OCC(CN[PH](=O)OCC2CN(P(=O)(OCC3CN(C)CC(n4ccc(N)nc4=O)O3)N(C)C)CC(N(C=N)c3nc(N)[nH]c(=O)c3C)O2)OC(CC)n2cc(C)c(=O)[nH]c2=O)CC(C)O1)N(C)C)CO[PH](=O)N1CC(COP(=O)(N(C)C)N2CCN(C(=O)OCCOCCOCCO)CC2)OC(n2ccc(N)nc2=O)C1. The molecule has 9 heterocycles. The van der Waals surface area contributed by atoms with E-state index in [1.165, 1.54) is 126 Å². The number of nitrogens with one attached hydrogen (secondary N) is 7. The maximum absolute atomic E-state index is 15.6. The monoisotopic (exact) mass is 2100 g/mol. The van der Waals surface area contributed by atoms with Crippen molar-refractivity contribution in [3.05, 3.63) is 105 Å². The van der Waals surface area contributed by atoms with Gasteiger partial charge in [0.05, 0.1) is 147 Å². The van der Waals surface area contributed by atoms with Crippen LogP contribution in [0.15, 0.2) is 71.1 Å². The number of amides is 1. The van der Waals surface area contributed by atoms with Crippen molar-refractivity contribution < 1.29 is 107 Å². The number of hydrogen-bond acceptors (Lipinski definition) is 39. The summed E-state index contributed by atoms with van der Waals surface area (Å²) in [6, 6.07) is 2.83. The third kappa shape index (κ3) is 32.4. The van der Waals surface area contributed by atoms with Gasteiger partial charge in [-0.15, -0.1) is 0 Å². The standard InChI is InChI=1S/C78H138N28O28P6/c1-16-65(104-35-52(4)72(108)92-77(104)112)130-57(33-86-135(114)123-46-62-40-101(43-69(134-62)106(51-80)71-55(7)73(109)91-74(84)90-71)140(119,95(13)14)128-48-59-37-96(15)41-67(132-59)102-21-19-63(82)88-75(102)110)44-124-136(115)98-36-53(5)129-60(38-98)47-126-138(117,93(9)10)87-34-58(131-66(17-2)105(50-79)70(85-18-3)54(6)56(8)81)45-125-137(116)99-39-61(133-68(42-99)103-22-20-64(83)89-76(103)111)49-127-139(118,94(11)12)100-25-23-97(24-26-100)78(113)122-32-31-121-30-29-120-28-27-107/h18-22,35,50-51,53,57-62,65-69,79-81,107,135-137H,16-17,23-34,36-49H2,1-15H3,(H,86,114)(H,87,117)(H2,82,88,110)(H2,83,89,111)(H,92,108,112)(H3,84,90,91,109)/b70-54+,79-50?,80-51?,81-56?,85-18-. The summed E-state index contributed by atoms with van der Waals surface area (Å²) in [6.07, 6.45) is -5.38. The predicted octanol–water partition coefficient (Wildman–Crippen LogP) is 1.68. The molecule has 4 aromatic rings. The van der Waals surface area contributed by atoms with Crippen LogP contribution in [0.2, 0.25) is 0 Å². The number of aromatic nitrogens is 8. The van der Waals surface area contributed by atoms with E-state index in [1.54, 1.807) is 60.3 Å². The van der Waals surface area contributed by atoms with Crippen LogP contribution >= 0.6 is 47.5 Å².